The Kier molecular flexibility index (Phi) is 3.46. The SMILES string of the molecule is CCC1(C)CCN(C(=O)C2(c3ccc(N)cc3)CC2)CC1. The fourth-order valence-electron chi connectivity index (χ4n) is 3.46. The van der Waals surface area contributed by atoms with Crippen LogP contribution in [0.2, 0.25) is 0 Å². The molecule has 2 N–H and O–H groups in total. The Balaban J connectivity index is 1.72. The molecule has 1 aliphatic carbocycles. The van der Waals surface area contributed by atoms with Gasteiger partial charge in [0.2, 0.25) is 5.91 Å². The third-order valence-corrected chi connectivity index (χ3v) is 5.73. The number of amides is 1. The molecule has 3 rings (SSSR count). The number of anilines is 1. The van der Waals surface area contributed by atoms with Gasteiger partial charge in [0.1, 0.15) is 0 Å². The van der Waals surface area contributed by atoms with Gasteiger partial charge in [-0.25, -0.2) is 0 Å². The molecular formula is C18H26N2O. The number of nitrogen functional groups attached to an aromatic ring is 1. The molecule has 2 aliphatic rings. The summed E-state index contributed by atoms with van der Waals surface area (Å²) in [5, 5.41) is 0. The van der Waals surface area contributed by atoms with Gasteiger partial charge < -0.3 is 10.6 Å². The second kappa shape index (κ2) is 5.04. The van der Waals surface area contributed by atoms with E-state index >= 15 is 0 Å². The molecular weight excluding hydrogens is 260 g/mol. The van der Waals surface area contributed by atoms with E-state index in [1.807, 2.05) is 24.3 Å². The highest BCUT2D eigenvalue weighted by molar-refractivity contribution is 5.91. The molecule has 1 saturated carbocycles. The monoisotopic (exact) mass is 286 g/mol. The maximum Gasteiger partial charge on any atom is 0.233 e. The predicted octanol–water partition coefficient (Wildman–Crippen LogP) is 3.34. The van der Waals surface area contributed by atoms with Crippen molar-refractivity contribution < 1.29 is 4.79 Å². The summed E-state index contributed by atoms with van der Waals surface area (Å²) in [6.07, 6.45) is 5.44. The summed E-state index contributed by atoms with van der Waals surface area (Å²) in [5.41, 5.74) is 7.85. The van der Waals surface area contributed by atoms with Crippen LogP contribution in [0.15, 0.2) is 24.3 Å². The zero-order valence-electron chi connectivity index (χ0n) is 13.2. The third kappa shape index (κ3) is 2.54. The first-order chi connectivity index (χ1) is 9.99. The molecule has 1 saturated heterocycles. The standard InChI is InChI=1S/C18H26N2O/c1-3-17(2)10-12-20(13-11-17)16(21)18(8-9-18)14-4-6-15(19)7-5-14/h4-7H,3,8-13,19H2,1-2H3. The van der Waals surface area contributed by atoms with Crippen LogP contribution in [-0.4, -0.2) is 23.9 Å². The van der Waals surface area contributed by atoms with E-state index in [4.69, 9.17) is 5.73 Å². The number of hydrogen-bond donors (Lipinski definition) is 1. The van der Waals surface area contributed by atoms with Crippen molar-refractivity contribution in [3.05, 3.63) is 29.8 Å². The molecule has 0 bridgehead atoms. The fourth-order valence-corrected chi connectivity index (χ4v) is 3.46. The van der Waals surface area contributed by atoms with Crippen LogP contribution in [0.1, 0.15) is 51.5 Å². The summed E-state index contributed by atoms with van der Waals surface area (Å²) in [5.74, 6) is 0.338. The number of hydrogen-bond acceptors (Lipinski definition) is 2. The molecule has 1 heterocycles. The average Bonchev–Trinajstić information content (AvgIpc) is 3.30. The van der Waals surface area contributed by atoms with Crippen molar-refractivity contribution in [3.63, 3.8) is 0 Å². The van der Waals surface area contributed by atoms with E-state index in [1.165, 1.54) is 6.42 Å². The van der Waals surface area contributed by atoms with Crippen LogP contribution in [0.5, 0.6) is 0 Å². The summed E-state index contributed by atoms with van der Waals surface area (Å²) in [6, 6.07) is 7.88. The second-order valence-corrected chi connectivity index (χ2v) is 7.16. The average molecular weight is 286 g/mol. The first-order valence-corrected chi connectivity index (χ1v) is 8.15. The first-order valence-electron chi connectivity index (χ1n) is 8.15. The summed E-state index contributed by atoms with van der Waals surface area (Å²) in [6.45, 7) is 6.44. The maximum atomic E-state index is 13.0. The molecule has 0 radical (unpaired) electrons. The highest BCUT2D eigenvalue weighted by Crippen LogP contribution is 2.50. The minimum atomic E-state index is -0.242. The third-order valence-electron chi connectivity index (χ3n) is 5.73. The van der Waals surface area contributed by atoms with Crippen LogP contribution < -0.4 is 5.73 Å². The number of carbonyl (C=O) groups is 1. The minimum Gasteiger partial charge on any atom is -0.399 e. The van der Waals surface area contributed by atoms with E-state index in [2.05, 4.69) is 18.7 Å². The summed E-state index contributed by atoms with van der Waals surface area (Å²) < 4.78 is 0. The summed E-state index contributed by atoms with van der Waals surface area (Å²) >= 11 is 0. The second-order valence-electron chi connectivity index (χ2n) is 7.16. The number of carbonyl (C=O) groups excluding carboxylic acids is 1. The van der Waals surface area contributed by atoms with Gasteiger partial charge in [-0.2, -0.15) is 0 Å². The lowest BCUT2D eigenvalue weighted by molar-refractivity contribution is -0.136. The molecule has 0 aromatic heterocycles. The number of nitrogens with zero attached hydrogens (tertiary/aromatic N) is 1. The van der Waals surface area contributed by atoms with Gasteiger partial charge in [-0.1, -0.05) is 32.4 Å². The van der Waals surface area contributed by atoms with Gasteiger partial charge in [0, 0.05) is 18.8 Å². The molecule has 3 nitrogen and oxygen atoms in total. The molecule has 0 atom stereocenters. The molecule has 1 aliphatic heterocycles. The van der Waals surface area contributed by atoms with E-state index in [1.54, 1.807) is 0 Å². The zero-order chi connectivity index (χ0) is 15.1. The topological polar surface area (TPSA) is 46.3 Å². The lowest BCUT2D eigenvalue weighted by atomic mass is 9.78. The lowest BCUT2D eigenvalue weighted by Gasteiger charge is -2.40. The van der Waals surface area contributed by atoms with Crippen molar-refractivity contribution in [1.29, 1.82) is 0 Å². The van der Waals surface area contributed by atoms with Crippen LogP contribution in [-0.2, 0) is 10.2 Å². The number of rotatable bonds is 3. The van der Waals surface area contributed by atoms with E-state index in [-0.39, 0.29) is 5.41 Å². The number of benzene rings is 1. The van der Waals surface area contributed by atoms with Crippen LogP contribution in [0.4, 0.5) is 5.69 Å². The fraction of sp³-hybridized carbons (Fsp3) is 0.611. The van der Waals surface area contributed by atoms with Gasteiger partial charge in [-0.15, -0.1) is 0 Å². The van der Waals surface area contributed by atoms with Crippen molar-refractivity contribution in [2.75, 3.05) is 18.8 Å². The Labute approximate surface area is 127 Å². The molecule has 0 spiro atoms. The first kappa shape index (κ1) is 14.4. The van der Waals surface area contributed by atoms with Gasteiger partial charge >= 0.3 is 0 Å². The maximum absolute atomic E-state index is 13.0. The Morgan fingerprint density at radius 1 is 1.14 bits per heavy atom. The van der Waals surface area contributed by atoms with Gasteiger partial charge in [-0.3, -0.25) is 4.79 Å². The smallest absolute Gasteiger partial charge is 0.233 e. The van der Waals surface area contributed by atoms with Gasteiger partial charge in [-0.05, 0) is 48.8 Å². The summed E-state index contributed by atoms with van der Waals surface area (Å²) in [4.78, 5) is 15.1. The van der Waals surface area contributed by atoms with Crippen molar-refractivity contribution in [1.82, 2.24) is 4.90 Å². The van der Waals surface area contributed by atoms with E-state index in [9.17, 15) is 4.79 Å². The lowest BCUT2D eigenvalue weighted by Crippen LogP contribution is -2.46. The van der Waals surface area contributed by atoms with Crippen molar-refractivity contribution in [2.45, 2.75) is 51.4 Å². The van der Waals surface area contributed by atoms with Crippen molar-refractivity contribution in [3.8, 4) is 0 Å². The van der Waals surface area contributed by atoms with Crippen LogP contribution in [0, 0.1) is 5.41 Å². The number of likely N-dealkylation sites (tertiary alicyclic amines) is 1. The quantitative estimate of drug-likeness (QED) is 0.866. The van der Waals surface area contributed by atoms with Crippen LogP contribution in [0.25, 0.3) is 0 Å². The highest BCUT2D eigenvalue weighted by Gasteiger charge is 2.53. The molecule has 1 aromatic carbocycles. The summed E-state index contributed by atoms with van der Waals surface area (Å²) in [7, 11) is 0. The van der Waals surface area contributed by atoms with Gasteiger partial charge in [0.15, 0.2) is 0 Å². The molecule has 1 amide bonds. The van der Waals surface area contributed by atoms with Gasteiger partial charge in [0.05, 0.1) is 5.41 Å². The zero-order valence-corrected chi connectivity index (χ0v) is 13.2. The Morgan fingerprint density at radius 3 is 2.19 bits per heavy atom. The predicted molar refractivity (Wildman–Crippen MR) is 86.0 cm³/mol. The molecule has 114 valence electrons. The largest absolute Gasteiger partial charge is 0.399 e. The Bertz CT molecular complexity index is 523. The van der Waals surface area contributed by atoms with Crippen molar-refractivity contribution in [2.24, 2.45) is 5.41 Å². The van der Waals surface area contributed by atoms with Gasteiger partial charge in [0.25, 0.3) is 0 Å². The van der Waals surface area contributed by atoms with Crippen LogP contribution in [0.3, 0.4) is 0 Å². The minimum absolute atomic E-state index is 0.242. The molecule has 1 aromatic rings. The molecule has 0 unspecified atom stereocenters. The Morgan fingerprint density at radius 2 is 1.71 bits per heavy atom. The normalized spacial score (nSPS) is 22.9. The molecule has 3 heteroatoms. The highest BCUT2D eigenvalue weighted by atomic mass is 16.2. The van der Waals surface area contributed by atoms with Crippen LogP contribution >= 0.6 is 0 Å². The van der Waals surface area contributed by atoms with E-state index in [0.717, 1.165) is 50.0 Å². The molecule has 2 fully saturated rings. The number of nitrogens with two attached hydrogens (primary N) is 1. The Hall–Kier alpha value is -1.51. The van der Waals surface area contributed by atoms with E-state index in [0.29, 0.717) is 11.3 Å². The van der Waals surface area contributed by atoms with Crippen molar-refractivity contribution >= 4 is 11.6 Å². The number of piperidine rings is 1. The molecule has 21 heavy (non-hydrogen) atoms. The van der Waals surface area contributed by atoms with E-state index < -0.39 is 0 Å².